The molecule has 0 radical (unpaired) electrons. The smallest absolute Gasteiger partial charge is 0.219 e. The summed E-state index contributed by atoms with van der Waals surface area (Å²) >= 11 is 0. The van der Waals surface area contributed by atoms with E-state index in [1.54, 1.807) is 14.0 Å². The molecular weight excluding hydrogens is 424 g/mol. The molecule has 0 saturated carbocycles. The number of nitrogens with zero attached hydrogens (tertiary/aromatic N) is 4. The minimum absolute atomic E-state index is 0.115. The monoisotopic (exact) mass is 462 g/mol. The molecule has 0 aliphatic carbocycles. The fourth-order valence-corrected chi connectivity index (χ4v) is 5.00. The summed E-state index contributed by atoms with van der Waals surface area (Å²) in [5.41, 5.74) is 1.14. The van der Waals surface area contributed by atoms with E-state index < -0.39 is 0 Å². The van der Waals surface area contributed by atoms with Crippen molar-refractivity contribution < 1.29 is 24.1 Å². The van der Waals surface area contributed by atoms with Crippen LogP contribution in [0.25, 0.3) is 0 Å². The number of likely N-dealkylation sites (tertiary alicyclic amines) is 1. The standard InChI is InChI=1S/C24H38N4O5/c1-19(29)27-5-7-28(8-6-27)21-17-26(18-22(21)30)16-20-3-4-23(24(15-20)31-2)33-14-11-25-9-12-32-13-10-25/h3-4,15,21-22,30H,5-14,16-18H2,1-2H3/t21-,22-/m0/s1. The van der Waals surface area contributed by atoms with Crippen LogP contribution >= 0.6 is 0 Å². The summed E-state index contributed by atoms with van der Waals surface area (Å²) in [6.07, 6.45) is -0.376. The molecule has 0 aromatic heterocycles. The second kappa shape index (κ2) is 11.5. The topological polar surface area (TPSA) is 78.0 Å². The van der Waals surface area contributed by atoms with E-state index in [2.05, 4.69) is 20.8 Å². The van der Waals surface area contributed by atoms with Crippen LogP contribution in [0.3, 0.4) is 0 Å². The van der Waals surface area contributed by atoms with E-state index in [0.29, 0.717) is 13.2 Å². The van der Waals surface area contributed by atoms with Crippen molar-refractivity contribution in [2.75, 3.05) is 85.8 Å². The number of aliphatic hydroxyl groups is 1. The number of ether oxygens (including phenoxy) is 3. The third kappa shape index (κ3) is 6.36. The molecule has 3 fully saturated rings. The van der Waals surface area contributed by atoms with Crippen molar-refractivity contribution in [1.29, 1.82) is 0 Å². The Morgan fingerprint density at radius 3 is 2.52 bits per heavy atom. The fraction of sp³-hybridized carbons (Fsp3) is 0.708. The van der Waals surface area contributed by atoms with Crippen LogP contribution in [0.5, 0.6) is 11.5 Å². The summed E-state index contributed by atoms with van der Waals surface area (Å²) < 4.78 is 17.0. The van der Waals surface area contributed by atoms with Gasteiger partial charge in [0.15, 0.2) is 11.5 Å². The second-order valence-electron chi connectivity index (χ2n) is 9.16. The number of rotatable bonds is 8. The Balaban J connectivity index is 1.27. The van der Waals surface area contributed by atoms with Gasteiger partial charge in [-0.3, -0.25) is 19.5 Å². The van der Waals surface area contributed by atoms with E-state index in [9.17, 15) is 9.90 Å². The number of morpholine rings is 1. The molecule has 1 N–H and O–H groups in total. The number of carbonyl (C=O) groups excluding carboxylic acids is 1. The summed E-state index contributed by atoms with van der Waals surface area (Å²) in [5, 5.41) is 10.7. The molecule has 33 heavy (non-hydrogen) atoms. The Kier molecular flexibility index (Phi) is 8.43. The molecule has 4 rings (SSSR count). The molecule has 1 aromatic carbocycles. The van der Waals surface area contributed by atoms with E-state index in [-0.39, 0.29) is 18.1 Å². The quantitative estimate of drug-likeness (QED) is 0.584. The maximum Gasteiger partial charge on any atom is 0.219 e. The first-order chi connectivity index (χ1) is 16.0. The van der Waals surface area contributed by atoms with E-state index in [4.69, 9.17) is 14.2 Å². The number of β-amino-alcohol motifs (C(OH)–C–C–N with tert-alkyl or cyclic N) is 1. The maximum atomic E-state index is 11.6. The molecule has 0 spiro atoms. The van der Waals surface area contributed by atoms with Crippen LogP contribution in [0.4, 0.5) is 0 Å². The van der Waals surface area contributed by atoms with Gasteiger partial charge in [-0.25, -0.2) is 0 Å². The molecule has 3 aliphatic rings. The number of amides is 1. The Labute approximate surface area is 196 Å². The van der Waals surface area contributed by atoms with Crippen molar-refractivity contribution in [3.8, 4) is 11.5 Å². The van der Waals surface area contributed by atoms with Gasteiger partial charge in [0.1, 0.15) is 6.61 Å². The van der Waals surface area contributed by atoms with Crippen molar-refractivity contribution in [1.82, 2.24) is 19.6 Å². The van der Waals surface area contributed by atoms with Crippen LogP contribution in [0.15, 0.2) is 18.2 Å². The third-order valence-electron chi connectivity index (χ3n) is 6.97. The van der Waals surface area contributed by atoms with Crippen LogP contribution < -0.4 is 9.47 Å². The molecule has 184 valence electrons. The summed E-state index contributed by atoms with van der Waals surface area (Å²) in [7, 11) is 1.67. The number of piperazine rings is 1. The largest absolute Gasteiger partial charge is 0.493 e. The van der Waals surface area contributed by atoms with Gasteiger partial charge >= 0.3 is 0 Å². The van der Waals surface area contributed by atoms with Crippen molar-refractivity contribution in [3.05, 3.63) is 23.8 Å². The minimum Gasteiger partial charge on any atom is -0.493 e. The Bertz CT molecular complexity index is 780. The first-order valence-electron chi connectivity index (χ1n) is 12.0. The number of carbonyl (C=O) groups is 1. The Morgan fingerprint density at radius 2 is 1.82 bits per heavy atom. The lowest BCUT2D eigenvalue weighted by Gasteiger charge is -2.38. The zero-order chi connectivity index (χ0) is 23.2. The summed E-state index contributed by atoms with van der Waals surface area (Å²) in [4.78, 5) is 20.4. The lowest BCUT2D eigenvalue weighted by atomic mass is 10.1. The summed E-state index contributed by atoms with van der Waals surface area (Å²) in [6, 6.07) is 6.22. The zero-order valence-electron chi connectivity index (χ0n) is 19.9. The number of aliphatic hydroxyl groups excluding tert-OH is 1. The molecule has 9 heteroatoms. The lowest BCUT2D eigenvalue weighted by molar-refractivity contribution is -0.131. The van der Waals surface area contributed by atoms with Gasteiger partial charge in [-0.05, 0) is 17.7 Å². The summed E-state index contributed by atoms with van der Waals surface area (Å²) in [6.45, 7) is 11.9. The van der Waals surface area contributed by atoms with Crippen LogP contribution in [0.2, 0.25) is 0 Å². The third-order valence-corrected chi connectivity index (χ3v) is 6.97. The average molecular weight is 463 g/mol. The van der Waals surface area contributed by atoms with E-state index in [1.807, 2.05) is 17.0 Å². The van der Waals surface area contributed by atoms with Gasteiger partial charge in [0.25, 0.3) is 0 Å². The molecule has 3 saturated heterocycles. The first-order valence-corrected chi connectivity index (χ1v) is 12.0. The molecule has 3 aliphatic heterocycles. The number of methoxy groups -OCH3 is 1. The predicted molar refractivity (Wildman–Crippen MR) is 125 cm³/mol. The van der Waals surface area contributed by atoms with Crippen LogP contribution in [-0.2, 0) is 16.1 Å². The average Bonchev–Trinajstić information content (AvgIpc) is 3.20. The molecule has 1 aromatic rings. The van der Waals surface area contributed by atoms with Crippen LogP contribution in [0.1, 0.15) is 12.5 Å². The van der Waals surface area contributed by atoms with Gasteiger partial charge in [0.2, 0.25) is 5.91 Å². The van der Waals surface area contributed by atoms with Gasteiger partial charge in [0, 0.05) is 78.4 Å². The first kappa shape index (κ1) is 24.2. The van der Waals surface area contributed by atoms with Gasteiger partial charge in [0.05, 0.1) is 26.4 Å². The fourth-order valence-electron chi connectivity index (χ4n) is 5.00. The highest BCUT2D eigenvalue weighted by Gasteiger charge is 2.37. The predicted octanol–water partition coefficient (Wildman–Crippen LogP) is 0.115. The van der Waals surface area contributed by atoms with Gasteiger partial charge in [-0.15, -0.1) is 0 Å². The number of hydrogen-bond acceptors (Lipinski definition) is 8. The number of hydrogen-bond donors (Lipinski definition) is 1. The van der Waals surface area contributed by atoms with E-state index >= 15 is 0 Å². The van der Waals surface area contributed by atoms with Crippen molar-refractivity contribution >= 4 is 5.91 Å². The highest BCUT2D eigenvalue weighted by molar-refractivity contribution is 5.73. The second-order valence-corrected chi connectivity index (χ2v) is 9.16. The van der Waals surface area contributed by atoms with Gasteiger partial charge < -0.3 is 24.2 Å². The highest BCUT2D eigenvalue weighted by Crippen LogP contribution is 2.29. The maximum absolute atomic E-state index is 11.6. The molecular formula is C24H38N4O5. The molecule has 3 heterocycles. The molecule has 9 nitrogen and oxygen atoms in total. The molecule has 1 amide bonds. The van der Waals surface area contributed by atoms with E-state index in [0.717, 1.165) is 89.2 Å². The lowest BCUT2D eigenvalue weighted by Crippen LogP contribution is -2.54. The van der Waals surface area contributed by atoms with E-state index in [1.165, 1.54) is 0 Å². The normalized spacial score (nSPS) is 25.4. The van der Waals surface area contributed by atoms with Gasteiger partial charge in [-0.1, -0.05) is 6.07 Å². The minimum atomic E-state index is -0.376. The van der Waals surface area contributed by atoms with Crippen LogP contribution in [0, 0.1) is 0 Å². The highest BCUT2D eigenvalue weighted by atomic mass is 16.5. The van der Waals surface area contributed by atoms with Crippen molar-refractivity contribution in [2.45, 2.75) is 25.6 Å². The molecule has 0 bridgehead atoms. The SMILES string of the molecule is COc1cc(CN2C[C@H](O)[C@@H](N3CCN(C(C)=O)CC3)C2)ccc1OCCN1CCOCC1. The van der Waals surface area contributed by atoms with Crippen molar-refractivity contribution in [2.24, 2.45) is 0 Å². The van der Waals surface area contributed by atoms with Crippen molar-refractivity contribution in [3.63, 3.8) is 0 Å². The Morgan fingerprint density at radius 1 is 1.06 bits per heavy atom. The molecule has 2 atom stereocenters. The van der Waals surface area contributed by atoms with Gasteiger partial charge in [-0.2, -0.15) is 0 Å². The molecule has 0 unspecified atom stereocenters. The summed E-state index contributed by atoms with van der Waals surface area (Å²) in [5.74, 6) is 1.63. The Hall–Kier alpha value is -1.91. The van der Waals surface area contributed by atoms with Crippen LogP contribution in [-0.4, -0.2) is 129 Å². The zero-order valence-corrected chi connectivity index (χ0v) is 19.9. The number of benzene rings is 1.